The summed E-state index contributed by atoms with van der Waals surface area (Å²) in [5.41, 5.74) is 1.99. The quantitative estimate of drug-likeness (QED) is 0.551. The third kappa shape index (κ3) is 5.99. The van der Waals surface area contributed by atoms with Crippen molar-refractivity contribution in [3.63, 3.8) is 0 Å². The first-order valence-electron chi connectivity index (χ1n) is 12.7. The standard InChI is InChI=1S/C29H32N4O5/c1-19(2)26-29(37)33(24(17-32(26)20(3)34)22-12-8-5-9-13-22)18-25(35)31-23(16-21-10-6-4-7-11-21)27(36)28-30-14-15-38-28/h4-13,17,19,23,26H,14-16,18H2,1-3H3,(H,31,35)/t23-,26?/m0/s1. The third-order valence-electron chi connectivity index (χ3n) is 6.47. The van der Waals surface area contributed by atoms with Crippen molar-refractivity contribution < 1.29 is 23.9 Å². The number of aliphatic imine (C=N–C) groups is 1. The van der Waals surface area contributed by atoms with Gasteiger partial charge in [0.15, 0.2) is 0 Å². The van der Waals surface area contributed by atoms with Crippen LogP contribution in [0.15, 0.2) is 71.9 Å². The molecule has 38 heavy (non-hydrogen) atoms. The molecule has 0 fully saturated rings. The van der Waals surface area contributed by atoms with E-state index in [1.807, 2.05) is 74.5 Å². The van der Waals surface area contributed by atoms with Crippen LogP contribution in [0, 0.1) is 5.92 Å². The Hall–Kier alpha value is -4.27. The van der Waals surface area contributed by atoms with Gasteiger partial charge in [-0.05, 0) is 17.0 Å². The summed E-state index contributed by atoms with van der Waals surface area (Å²) in [7, 11) is 0. The fourth-order valence-electron chi connectivity index (χ4n) is 4.65. The summed E-state index contributed by atoms with van der Waals surface area (Å²) in [5, 5.41) is 2.81. The van der Waals surface area contributed by atoms with Gasteiger partial charge in [-0.15, -0.1) is 0 Å². The molecule has 1 N–H and O–H groups in total. The molecule has 0 spiro atoms. The molecule has 1 unspecified atom stereocenters. The van der Waals surface area contributed by atoms with Crippen LogP contribution < -0.4 is 5.32 Å². The maximum Gasteiger partial charge on any atom is 0.255 e. The number of Topliss-reactive ketones (excluding diaryl/α,β-unsaturated/α-hetero) is 1. The molecule has 0 radical (unpaired) electrons. The van der Waals surface area contributed by atoms with E-state index in [2.05, 4.69) is 10.3 Å². The van der Waals surface area contributed by atoms with E-state index in [0.717, 1.165) is 5.56 Å². The van der Waals surface area contributed by atoms with Crippen LogP contribution in [-0.4, -0.2) is 71.0 Å². The average Bonchev–Trinajstić information content (AvgIpc) is 3.44. The SMILES string of the molecule is CC(=O)N1C=C(c2ccccc2)N(CC(=O)N[C@@H](Cc2ccccc2)C(=O)C2=NCCO2)C(=O)C1C(C)C. The molecule has 0 saturated heterocycles. The topological polar surface area (TPSA) is 108 Å². The lowest BCUT2D eigenvalue weighted by atomic mass is 9.97. The Morgan fingerprint density at radius 2 is 1.71 bits per heavy atom. The zero-order chi connectivity index (χ0) is 27.2. The lowest BCUT2D eigenvalue weighted by Gasteiger charge is -2.40. The van der Waals surface area contributed by atoms with Gasteiger partial charge in [-0.3, -0.25) is 24.1 Å². The number of hydrogen-bond donors (Lipinski definition) is 1. The number of ether oxygens (including phenoxy) is 1. The first-order valence-corrected chi connectivity index (χ1v) is 12.7. The summed E-state index contributed by atoms with van der Waals surface area (Å²) in [6.45, 7) is 5.52. The van der Waals surface area contributed by atoms with Crippen LogP contribution in [-0.2, 0) is 30.3 Å². The fourth-order valence-corrected chi connectivity index (χ4v) is 4.65. The Balaban J connectivity index is 1.62. The van der Waals surface area contributed by atoms with Gasteiger partial charge in [0.2, 0.25) is 17.6 Å². The Bertz CT molecular complexity index is 1260. The molecule has 2 aromatic carbocycles. The van der Waals surface area contributed by atoms with E-state index >= 15 is 0 Å². The Morgan fingerprint density at radius 3 is 2.29 bits per heavy atom. The van der Waals surface area contributed by atoms with Crippen molar-refractivity contribution in [1.82, 2.24) is 15.1 Å². The third-order valence-corrected chi connectivity index (χ3v) is 6.47. The van der Waals surface area contributed by atoms with Gasteiger partial charge >= 0.3 is 0 Å². The molecule has 2 heterocycles. The minimum absolute atomic E-state index is 0.00197. The van der Waals surface area contributed by atoms with Crippen molar-refractivity contribution in [3.05, 3.63) is 78.0 Å². The van der Waals surface area contributed by atoms with Crippen molar-refractivity contribution in [2.24, 2.45) is 10.9 Å². The highest BCUT2D eigenvalue weighted by atomic mass is 16.5. The molecule has 2 atom stereocenters. The van der Waals surface area contributed by atoms with Gasteiger partial charge < -0.3 is 15.0 Å². The molecular weight excluding hydrogens is 484 g/mol. The van der Waals surface area contributed by atoms with Gasteiger partial charge in [0.05, 0.1) is 12.2 Å². The number of nitrogens with zero attached hydrogens (tertiary/aromatic N) is 3. The number of carbonyl (C=O) groups excluding carboxylic acids is 4. The summed E-state index contributed by atoms with van der Waals surface area (Å²) >= 11 is 0. The van der Waals surface area contributed by atoms with Gasteiger partial charge in [0, 0.05) is 19.5 Å². The fraction of sp³-hybridized carbons (Fsp3) is 0.345. The minimum atomic E-state index is -0.916. The van der Waals surface area contributed by atoms with Crippen LogP contribution >= 0.6 is 0 Å². The Kier molecular flexibility index (Phi) is 8.35. The van der Waals surface area contributed by atoms with Gasteiger partial charge in [-0.25, -0.2) is 4.99 Å². The molecule has 0 aromatic heterocycles. The van der Waals surface area contributed by atoms with E-state index in [1.54, 1.807) is 6.20 Å². The number of amides is 3. The van der Waals surface area contributed by atoms with Crippen LogP contribution in [0.25, 0.3) is 5.70 Å². The second-order valence-corrected chi connectivity index (χ2v) is 9.63. The molecule has 198 valence electrons. The summed E-state index contributed by atoms with van der Waals surface area (Å²) in [5.74, 6) is -1.72. The van der Waals surface area contributed by atoms with Crippen LogP contribution in [0.1, 0.15) is 31.9 Å². The molecule has 2 aliphatic heterocycles. The predicted octanol–water partition coefficient (Wildman–Crippen LogP) is 2.43. The zero-order valence-corrected chi connectivity index (χ0v) is 21.8. The highest BCUT2D eigenvalue weighted by Crippen LogP contribution is 2.30. The molecule has 9 nitrogen and oxygen atoms in total. The van der Waals surface area contributed by atoms with Gasteiger partial charge in [-0.2, -0.15) is 0 Å². The van der Waals surface area contributed by atoms with Crippen LogP contribution in [0.2, 0.25) is 0 Å². The lowest BCUT2D eigenvalue weighted by molar-refractivity contribution is -0.144. The summed E-state index contributed by atoms with van der Waals surface area (Å²) in [6, 6.07) is 16.8. The van der Waals surface area contributed by atoms with Gasteiger partial charge in [0.25, 0.3) is 11.8 Å². The smallest absolute Gasteiger partial charge is 0.255 e. The van der Waals surface area contributed by atoms with E-state index in [1.165, 1.54) is 16.7 Å². The number of benzene rings is 2. The Morgan fingerprint density at radius 1 is 1.05 bits per heavy atom. The lowest BCUT2D eigenvalue weighted by Crippen LogP contribution is -2.56. The average molecular weight is 517 g/mol. The van der Waals surface area contributed by atoms with Gasteiger partial charge in [0.1, 0.15) is 25.2 Å². The van der Waals surface area contributed by atoms with Crippen molar-refractivity contribution in [1.29, 1.82) is 0 Å². The molecule has 0 saturated carbocycles. The molecule has 0 aliphatic carbocycles. The second-order valence-electron chi connectivity index (χ2n) is 9.63. The van der Waals surface area contributed by atoms with Crippen LogP contribution in [0.5, 0.6) is 0 Å². The van der Waals surface area contributed by atoms with E-state index in [0.29, 0.717) is 24.4 Å². The van der Waals surface area contributed by atoms with E-state index in [4.69, 9.17) is 4.74 Å². The molecule has 0 bridgehead atoms. The number of hydrogen-bond acceptors (Lipinski definition) is 6. The second kappa shape index (κ2) is 11.9. The summed E-state index contributed by atoms with van der Waals surface area (Å²) in [4.78, 5) is 59.7. The minimum Gasteiger partial charge on any atom is -0.473 e. The molecule has 2 aliphatic rings. The summed E-state index contributed by atoms with van der Waals surface area (Å²) in [6.07, 6.45) is 1.88. The zero-order valence-electron chi connectivity index (χ0n) is 21.8. The maximum absolute atomic E-state index is 13.7. The molecular formula is C29H32N4O5. The van der Waals surface area contributed by atoms with Crippen molar-refractivity contribution in [3.8, 4) is 0 Å². The number of nitrogens with one attached hydrogen (secondary N) is 1. The number of ketones is 1. The Labute approximate surface area is 222 Å². The largest absolute Gasteiger partial charge is 0.473 e. The summed E-state index contributed by atoms with van der Waals surface area (Å²) < 4.78 is 5.37. The van der Waals surface area contributed by atoms with Crippen molar-refractivity contribution in [2.75, 3.05) is 19.7 Å². The molecule has 9 heteroatoms. The molecule has 2 aromatic rings. The van der Waals surface area contributed by atoms with Crippen LogP contribution in [0.3, 0.4) is 0 Å². The first kappa shape index (κ1) is 26.8. The molecule has 4 rings (SSSR count). The van der Waals surface area contributed by atoms with Crippen molar-refractivity contribution >= 4 is 35.1 Å². The van der Waals surface area contributed by atoms with E-state index in [-0.39, 0.29) is 36.6 Å². The number of carbonyl (C=O) groups is 4. The predicted molar refractivity (Wildman–Crippen MR) is 143 cm³/mol. The highest BCUT2D eigenvalue weighted by molar-refractivity contribution is 6.38. The van der Waals surface area contributed by atoms with Crippen LogP contribution in [0.4, 0.5) is 0 Å². The van der Waals surface area contributed by atoms with E-state index in [9.17, 15) is 19.2 Å². The van der Waals surface area contributed by atoms with Gasteiger partial charge in [-0.1, -0.05) is 74.5 Å². The van der Waals surface area contributed by atoms with E-state index < -0.39 is 23.8 Å². The first-order chi connectivity index (χ1) is 18.3. The number of rotatable bonds is 9. The normalized spacial score (nSPS) is 18.0. The van der Waals surface area contributed by atoms with Crippen molar-refractivity contribution in [2.45, 2.75) is 39.3 Å². The maximum atomic E-state index is 13.7. The monoisotopic (exact) mass is 516 g/mol. The highest BCUT2D eigenvalue weighted by Gasteiger charge is 2.40. The molecule has 3 amide bonds.